The van der Waals surface area contributed by atoms with E-state index in [9.17, 15) is 13.2 Å². The molecule has 1 aromatic heterocycles. The number of carbonyl (C=O) groups excluding carboxylic acids is 1. The Labute approximate surface area is 127 Å². The van der Waals surface area contributed by atoms with E-state index in [2.05, 4.69) is 10.3 Å². The van der Waals surface area contributed by atoms with E-state index in [-0.39, 0.29) is 4.34 Å². The summed E-state index contributed by atoms with van der Waals surface area (Å²) in [4.78, 5) is 15.9. The molecule has 0 saturated carbocycles. The fourth-order valence-corrected chi connectivity index (χ4v) is 4.22. The lowest BCUT2D eigenvalue weighted by molar-refractivity contribution is -0.120. The number of rotatable bonds is 3. The number of anilines is 1. The van der Waals surface area contributed by atoms with Gasteiger partial charge >= 0.3 is 0 Å². The van der Waals surface area contributed by atoms with Crippen molar-refractivity contribution in [2.75, 3.05) is 11.5 Å². The molecule has 0 bridgehead atoms. The second kappa shape index (κ2) is 5.27. The molecular weight excluding hydrogens is 310 g/mol. The standard InChI is InChI=1S/C13H17N3O3S2/c1-13(2,3)16-11(17)7-21(18,19)12-15-9-5-4-8(14)6-10(9)20-12/h4-6H,7,14H2,1-3H3,(H,16,17). The summed E-state index contributed by atoms with van der Waals surface area (Å²) < 4.78 is 25.1. The van der Waals surface area contributed by atoms with Gasteiger partial charge in [-0.15, -0.1) is 11.3 Å². The van der Waals surface area contributed by atoms with Crippen LogP contribution in [0.15, 0.2) is 22.5 Å². The molecule has 3 N–H and O–H groups in total. The van der Waals surface area contributed by atoms with Crippen molar-refractivity contribution < 1.29 is 13.2 Å². The predicted octanol–water partition coefficient (Wildman–Crippen LogP) is 1.57. The molecule has 0 spiro atoms. The molecule has 0 saturated heterocycles. The summed E-state index contributed by atoms with van der Waals surface area (Å²) in [6.07, 6.45) is 0. The van der Waals surface area contributed by atoms with Gasteiger partial charge in [0.05, 0.1) is 10.2 Å². The fourth-order valence-electron chi connectivity index (χ4n) is 1.74. The lowest BCUT2D eigenvalue weighted by Crippen LogP contribution is -2.43. The molecule has 0 aliphatic heterocycles. The molecule has 6 nitrogen and oxygen atoms in total. The minimum Gasteiger partial charge on any atom is -0.399 e. The zero-order valence-electron chi connectivity index (χ0n) is 12.0. The molecule has 21 heavy (non-hydrogen) atoms. The van der Waals surface area contributed by atoms with Crippen LogP contribution in [0.5, 0.6) is 0 Å². The number of hydrogen-bond donors (Lipinski definition) is 2. The summed E-state index contributed by atoms with van der Waals surface area (Å²) in [5.41, 5.74) is 6.28. The number of nitrogen functional groups attached to an aromatic ring is 1. The Bertz CT molecular complexity index is 789. The highest BCUT2D eigenvalue weighted by Gasteiger charge is 2.25. The maximum Gasteiger partial charge on any atom is 0.236 e. The Balaban J connectivity index is 2.27. The third-order valence-corrected chi connectivity index (χ3v) is 5.58. The summed E-state index contributed by atoms with van der Waals surface area (Å²) in [7, 11) is -3.75. The number of nitrogens with one attached hydrogen (secondary N) is 1. The van der Waals surface area contributed by atoms with E-state index in [0.717, 1.165) is 11.3 Å². The summed E-state index contributed by atoms with van der Waals surface area (Å²) in [6, 6.07) is 4.99. The molecule has 2 rings (SSSR count). The normalized spacial score (nSPS) is 12.5. The molecule has 8 heteroatoms. The van der Waals surface area contributed by atoms with Crippen LogP contribution in [0.4, 0.5) is 5.69 Å². The first-order valence-electron chi connectivity index (χ1n) is 6.27. The van der Waals surface area contributed by atoms with Crippen LogP contribution in [0, 0.1) is 0 Å². The smallest absolute Gasteiger partial charge is 0.236 e. The molecule has 0 unspecified atom stereocenters. The largest absolute Gasteiger partial charge is 0.399 e. The maximum atomic E-state index is 12.2. The van der Waals surface area contributed by atoms with Crippen LogP contribution in [0.1, 0.15) is 20.8 Å². The van der Waals surface area contributed by atoms with Crippen molar-refractivity contribution in [1.29, 1.82) is 0 Å². The van der Waals surface area contributed by atoms with E-state index in [0.29, 0.717) is 15.9 Å². The minimum absolute atomic E-state index is 0.0628. The van der Waals surface area contributed by atoms with Gasteiger partial charge in [-0.3, -0.25) is 4.79 Å². The van der Waals surface area contributed by atoms with E-state index in [4.69, 9.17) is 5.73 Å². The number of nitrogens with two attached hydrogens (primary N) is 1. The van der Waals surface area contributed by atoms with E-state index >= 15 is 0 Å². The molecule has 1 heterocycles. The molecule has 0 atom stereocenters. The summed E-state index contributed by atoms with van der Waals surface area (Å²) in [6.45, 7) is 5.37. The Kier molecular flexibility index (Phi) is 3.94. The Hall–Kier alpha value is -1.67. The van der Waals surface area contributed by atoms with Crippen molar-refractivity contribution in [3.8, 4) is 0 Å². The average molecular weight is 327 g/mol. The molecule has 0 radical (unpaired) electrons. The highest BCUT2D eigenvalue weighted by atomic mass is 32.2. The molecule has 1 amide bonds. The van der Waals surface area contributed by atoms with E-state index in [1.807, 2.05) is 0 Å². The second-order valence-electron chi connectivity index (χ2n) is 5.76. The van der Waals surface area contributed by atoms with Crippen molar-refractivity contribution in [2.24, 2.45) is 0 Å². The van der Waals surface area contributed by atoms with E-state index < -0.39 is 27.0 Å². The number of thiazole rings is 1. The Morgan fingerprint density at radius 1 is 1.38 bits per heavy atom. The van der Waals surface area contributed by atoms with Crippen LogP contribution in [0.25, 0.3) is 10.2 Å². The zero-order valence-corrected chi connectivity index (χ0v) is 13.6. The van der Waals surface area contributed by atoms with Crippen molar-refractivity contribution in [3.63, 3.8) is 0 Å². The van der Waals surface area contributed by atoms with Gasteiger partial charge in [0, 0.05) is 11.2 Å². The van der Waals surface area contributed by atoms with Gasteiger partial charge in [0.15, 0.2) is 0 Å². The number of carbonyl (C=O) groups is 1. The van der Waals surface area contributed by atoms with Crippen LogP contribution in [0.2, 0.25) is 0 Å². The molecule has 0 aliphatic rings. The first-order chi connectivity index (χ1) is 9.57. The summed E-state index contributed by atoms with van der Waals surface area (Å²) >= 11 is 1.02. The first kappa shape index (κ1) is 15.7. The van der Waals surface area contributed by atoms with Crippen molar-refractivity contribution in [1.82, 2.24) is 10.3 Å². The monoisotopic (exact) mass is 327 g/mol. The lowest BCUT2D eigenvalue weighted by Gasteiger charge is -2.20. The molecule has 114 valence electrons. The van der Waals surface area contributed by atoms with E-state index in [1.54, 1.807) is 39.0 Å². The van der Waals surface area contributed by atoms with E-state index in [1.165, 1.54) is 0 Å². The lowest BCUT2D eigenvalue weighted by atomic mass is 10.1. The zero-order chi connectivity index (χ0) is 15.8. The second-order valence-corrected chi connectivity index (χ2v) is 8.96. The maximum absolute atomic E-state index is 12.2. The molecular formula is C13H17N3O3S2. The number of nitrogens with zero attached hydrogens (tertiary/aromatic N) is 1. The van der Waals surface area contributed by atoms with Gasteiger partial charge in [0.1, 0.15) is 5.75 Å². The van der Waals surface area contributed by atoms with Crippen LogP contribution in [0.3, 0.4) is 0 Å². The topological polar surface area (TPSA) is 102 Å². The number of amides is 1. The first-order valence-corrected chi connectivity index (χ1v) is 8.73. The molecule has 1 aromatic carbocycles. The minimum atomic E-state index is -3.75. The summed E-state index contributed by atoms with van der Waals surface area (Å²) in [5.74, 6) is -1.15. The van der Waals surface area contributed by atoms with Crippen LogP contribution in [-0.4, -0.2) is 30.6 Å². The van der Waals surface area contributed by atoms with Gasteiger partial charge in [-0.1, -0.05) is 0 Å². The van der Waals surface area contributed by atoms with Crippen molar-refractivity contribution in [3.05, 3.63) is 18.2 Å². The van der Waals surface area contributed by atoms with Gasteiger partial charge in [-0.05, 0) is 39.0 Å². The van der Waals surface area contributed by atoms with Crippen LogP contribution < -0.4 is 11.1 Å². The molecule has 0 aliphatic carbocycles. The third kappa shape index (κ3) is 3.92. The summed E-state index contributed by atoms with van der Waals surface area (Å²) in [5, 5.41) is 2.63. The SMILES string of the molecule is CC(C)(C)NC(=O)CS(=O)(=O)c1nc2ccc(N)cc2s1. The highest BCUT2D eigenvalue weighted by Crippen LogP contribution is 2.27. The van der Waals surface area contributed by atoms with Crippen molar-refractivity contribution in [2.45, 2.75) is 30.6 Å². The third-order valence-electron chi connectivity index (χ3n) is 2.49. The predicted molar refractivity (Wildman–Crippen MR) is 84.0 cm³/mol. The number of benzene rings is 1. The highest BCUT2D eigenvalue weighted by molar-refractivity contribution is 7.94. The number of aromatic nitrogens is 1. The number of fused-ring (bicyclic) bond motifs is 1. The average Bonchev–Trinajstić information content (AvgIpc) is 2.68. The molecule has 2 aromatic rings. The van der Waals surface area contributed by atoms with Gasteiger partial charge in [0.25, 0.3) is 0 Å². The Morgan fingerprint density at radius 2 is 2.05 bits per heavy atom. The quantitative estimate of drug-likeness (QED) is 0.833. The fraction of sp³-hybridized carbons (Fsp3) is 0.385. The molecule has 0 fully saturated rings. The van der Waals surface area contributed by atoms with Crippen LogP contribution in [-0.2, 0) is 14.6 Å². The van der Waals surface area contributed by atoms with Gasteiger partial charge in [-0.25, -0.2) is 13.4 Å². The van der Waals surface area contributed by atoms with Gasteiger partial charge in [0.2, 0.25) is 20.1 Å². The van der Waals surface area contributed by atoms with Gasteiger partial charge < -0.3 is 11.1 Å². The van der Waals surface area contributed by atoms with Crippen molar-refractivity contribution >= 4 is 43.0 Å². The number of hydrogen-bond acceptors (Lipinski definition) is 6. The van der Waals surface area contributed by atoms with Gasteiger partial charge in [-0.2, -0.15) is 0 Å². The van der Waals surface area contributed by atoms with Crippen LogP contribution >= 0.6 is 11.3 Å². The number of sulfone groups is 1. The Morgan fingerprint density at radius 3 is 2.67 bits per heavy atom.